The van der Waals surface area contributed by atoms with Crippen molar-refractivity contribution in [2.45, 2.75) is 37.3 Å². The highest BCUT2D eigenvalue weighted by Crippen LogP contribution is 2.61. The second-order valence-corrected chi connectivity index (χ2v) is 5.86. The van der Waals surface area contributed by atoms with Crippen molar-refractivity contribution in [1.82, 2.24) is 0 Å². The van der Waals surface area contributed by atoms with Crippen molar-refractivity contribution in [2.24, 2.45) is 5.92 Å². The molecule has 0 unspecified atom stereocenters. The molecule has 0 N–H and O–H groups in total. The predicted molar refractivity (Wildman–Crippen MR) is 70.9 cm³/mol. The van der Waals surface area contributed by atoms with E-state index in [-0.39, 0.29) is 12.3 Å². The summed E-state index contributed by atoms with van der Waals surface area (Å²) in [4.78, 5) is 0. The Hall–Kier alpha value is -1.45. The highest BCUT2D eigenvalue weighted by atomic mass is 19.4. The molecule has 20 heavy (non-hydrogen) atoms. The minimum Gasteiger partial charge on any atom is -0.497 e. The van der Waals surface area contributed by atoms with Crippen LogP contribution in [0, 0.1) is 5.92 Å². The van der Waals surface area contributed by atoms with Gasteiger partial charge in [-0.3, -0.25) is 0 Å². The van der Waals surface area contributed by atoms with Crippen molar-refractivity contribution in [2.75, 3.05) is 7.11 Å². The lowest BCUT2D eigenvalue weighted by Gasteiger charge is -2.42. The lowest BCUT2D eigenvalue weighted by Crippen LogP contribution is -2.48. The van der Waals surface area contributed by atoms with Gasteiger partial charge in [-0.2, -0.15) is 13.2 Å². The Morgan fingerprint density at radius 2 is 2.10 bits per heavy atom. The number of hydrogen-bond acceptors (Lipinski definition) is 1. The Bertz CT molecular complexity index is 561. The summed E-state index contributed by atoms with van der Waals surface area (Å²) in [5.74, 6) is 0.111. The maximum absolute atomic E-state index is 13.9. The SMILES string of the molecule is C=C1C[C@H]2CCc3ccc(OC)cc3[C@@]2(C(F)(F)F)C1. The summed E-state index contributed by atoms with van der Waals surface area (Å²) < 4.78 is 46.8. The highest BCUT2D eigenvalue weighted by Gasteiger charge is 2.64. The number of hydrogen-bond donors (Lipinski definition) is 0. The molecule has 0 aliphatic heterocycles. The van der Waals surface area contributed by atoms with Gasteiger partial charge in [0.15, 0.2) is 0 Å². The molecule has 0 heterocycles. The van der Waals surface area contributed by atoms with E-state index in [1.165, 1.54) is 7.11 Å². The molecule has 2 aliphatic carbocycles. The first-order chi connectivity index (χ1) is 9.38. The van der Waals surface area contributed by atoms with E-state index >= 15 is 0 Å². The van der Waals surface area contributed by atoms with Crippen molar-refractivity contribution in [3.05, 3.63) is 41.5 Å². The summed E-state index contributed by atoms with van der Waals surface area (Å²) in [6, 6.07) is 5.10. The van der Waals surface area contributed by atoms with Crippen LogP contribution in [0.1, 0.15) is 30.4 Å². The van der Waals surface area contributed by atoms with Crippen LogP contribution >= 0.6 is 0 Å². The molecule has 2 aliphatic rings. The maximum atomic E-state index is 13.9. The van der Waals surface area contributed by atoms with Crippen molar-refractivity contribution in [3.8, 4) is 5.75 Å². The van der Waals surface area contributed by atoms with Gasteiger partial charge >= 0.3 is 6.18 Å². The summed E-state index contributed by atoms with van der Waals surface area (Å²) in [6.07, 6.45) is -2.47. The molecule has 1 fully saturated rings. The zero-order chi connectivity index (χ0) is 14.5. The van der Waals surface area contributed by atoms with Gasteiger partial charge in [0, 0.05) is 0 Å². The molecule has 0 bridgehead atoms. The first-order valence-corrected chi connectivity index (χ1v) is 6.79. The zero-order valence-corrected chi connectivity index (χ0v) is 11.4. The van der Waals surface area contributed by atoms with Crippen LogP contribution in [0.5, 0.6) is 5.75 Å². The van der Waals surface area contributed by atoms with E-state index in [0.29, 0.717) is 36.1 Å². The lowest BCUT2D eigenvalue weighted by molar-refractivity contribution is -0.203. The first kappa shape index (κ1) is 13.5. The fraction of sp³-hybridized carbons (Fsp3) is 0.500. The Kier molecular flexibility index (Phi) is 2.89. The molecule has 1 aromatic carbocycles. The number of alkyl halides is 3. The summed E-state index contributed by atoms with van der Waals surface area (Å²) in [5.41, 5.74) is 0.156. The third kappa shape index (κ3) is 1.70. The second-order valence-electron chi connectivity index (χ2n) is 5.86. The Morgan fingerprint density at radius 1 is 1.35 bits per heavy atom. The molecular weight excluding hydrogens is 265 g/mol. The number of rotatable bonds is 1. The van der Waals surface area contributed by atoms with Gasteiger partial charge < -0.3 is 4.74 Å². The van der Waals surface area contributed by atoms with Crippen molar-refractivity contribution in [1.29, 1.82) is 0 Å². The summed E-state index contributed by atoms with van der Waals surface area (Å²) in [6.45, 7) is 3.82. The van der Waals surface area contributed by atoms with E-state index in [4.69, 9.17) is 4.74 Å². The smallest absolute Gasteiger partial charge is 0.399 e. The lowest BCUT2D eigenvalue weighted by atomic mass is 9.64. The predicted octanol–water partition coefficient (Wildman–Crippen LogP) is 4.41. The third-order valence-corrected chi connectivity index (χ3v) is 4.83. The largest absolute Gasteiger partial charge is 0.497 e. The van der Waals surface area contributed by atoms with E-state index in [9.17, 15) is 13.2 Å². The van der Waals surface area contributed by atoms with Gasteiger partial charge in [-0.15, -0.1) is 0 Å². The number of methoxy groups -OCH3 is 1. The Labute approximate surface area is 116 Å². The molecule has 0 saturated heterocycles. The van der Waals surface area contributed by atoms with E-state index in [2.05, 4.69) is 6.58 Å². The van der Waals surface area contributed by atoms with Crippen LogP contribution in [0.25, 0.3) is 0 Å². The molecule has 2 atom stereocenters. The fourth-order valence-electron chi connectivity index (χ4n) is 3.93. The number of ether oxygens (including phenoxy) is 1. The molecule has 1 nitrogen and oxygen atoms in total. The molecular formula is C16H17F3O. The van der Waals surface area contributed by atoms with Crippen molar-refractivity contribution in [3.63, 3.8) is 0 Å². The second kappa shape index (κ2) is 4.27. The molecule has 1 saturated carbocycles. The maximum Gasteiger partial charge on any atom is 0.399 e. The third-order valence-electron chi connectivity index (χ3n) is 4.83. The topological polar surface area (TPSA) is 9.23 Å². The van der Waals surface area contributed by atoms with Crippen LogP contribution < -0.4 is 4.74 Å². The van der Waals surface area contributed by atoms with Gasteiger partial charge in [0.25, 0.3) is 0 Å². The molecule has 1 aromatic rings. The average molecular weight is 282 g/mol. The standard InChI is InChI=1S/C16H17F3O/c1-10-7-12-5-3-11-4-6-13(20-2)8-14(11)15(12,9-10)16(17,18)19/h4,6,8,12H,1,3,5,7,9H2,2H3/t12-,15-/m1/s1. The minimum absolute atomic E-state index is 0.0152. The number of aryl methyl sites for hydroxylation is 1. The normalized spacial score (nSPS) is 29.0. The molecule has 0 radical (unpaired) electrons. The van der Waals surface area contributed by atoms with Gasteiger partial charge in [-0.25, -0.2) is 0 Å². The van der Waals surface area contributed by atoms with E-state index < -0.39 is 11.6 Å². The van der Waals surface area contributed by atoms with Crippen LogP contribution in [0.2, 0.25) is 0 Å². The zero-order valence-electron chi connectivity index (χ0n) is 11.4. The van der Waals surface area contributed by atoms with Crippen LogP contribution in [0.4, 0.5) is 13.2 Å². The Morgan fingerprint density at radius 3 is 2.75 bits per heavy atom. The van der Waals surface area contributed by atoms with Gasteiger partial charge in [-0.1, -0.05) is 18.2 Å². The molecule has 0 amide bonds. The summed E-state index contributed by atoms with van der Waals surface area (Å²) in [5, 5.41) is 0. The van der Waals surface area contributed by atoms with Gasteiger partial charge in [-0.05, 0) is 54.9 Å². The fourth-order valence-corrected chi connectivity index (χ4v) is 3.93. The van der Waals surface area contributed by atoms with Crippen LogP contribution in [-0.2, 0) is 11.8 Å². The van der Waals surface area contributed by atoms with E-state index in [0.717, 1.165) is 5.56 Å². The highest BCUT2D eigenvalue weighted by molar-refractivity contribution is 5.47. The minimum atomic E-state index is -4.25. The van der Waals surface area contributed by atoms with Gasteiger partial charge in [0.2, 0.25) is 0 Å². The van der Waals surface area contributed by atoms with Crippen molar-refractivity contribution < 1.29 is 17.9 Å². The van der Waals surface area contributed by atoms with E-state index in [1.807, 2.05) is 0 Å². The Balaban J connectivity index is 2.24. The molecule has 4 heteroatoms. The summed E-state index contributed by atoms with van der Waals surface area (Å²) in [7, 11) is 1.48. The van der Waals surface area contributed by atoms with Gasteiger partial charge in [0.05, 0.1) is 12.5 Å². The molecule has 0 spiro atoms. The summed E-state index contributed by atoms with van der Waals surface area (Å²) >= 11 is 0. The van der Waals surface area contributed by atoms with Crippen molar-refractivity contribution >= 4 is 0 Å². The average Bonchev–Trinajstić information content (AvgIpc) is 2.75. The monoisotopic (exact) mass is 282 g/mol. The molecule has 3 rings (SSSR count). The van der Waals surface area contributed by atoms with Crippen LogP contribution in [0.15, 0.2) is 30.4 Å². The first-order valence-electron chi connectivity index (χ1n) is 6.79. The number of fused-ring (bicyclic) bond motifs is 3. The molecule has 0 aromatic heterocycles. The number of allylic oxidation sites excluding steroid dienone is 1. The van der Waals surface area contributed by atoms with Gasteiger partial charge in [0.1, 0.15) is 5.75 Å². The number of benzene rings is 1. The number of halogens is 3. The van der Waals surface area contributed by atoms with Crippen LogP contribution in [0.3, 0.4) is 0 Å². The van der Waals surface area contributed by atoms with E-state index in [1.54, 1.807) is 18.2 Å². The quantitative estimate of drug-likeness (QED) is 0.693. The van der Waals surface area contributed by atoms with Crippen LogP contribution in [-0.4, -0.2) is 13.3 Å². The molecule has 108 valence electrons.